The van der Waals surface area contributed by atoms with Crippen molar-refractivity contribution in [2.24, 2.45) is 0 Å². The van der Waals surface area contributed by atoms with Crippen LogP contribution in [0.3, 0.4) is 0 Å². The van der Waals surface area contributed by atoms with Crippen molar-refractivity contribution in [2.45, 2.75) is 61.9 Å². The number of hydrogen-bond acceptors (Lipinski definition) is 3. The molecule has 0 aromatic heterocycles. The average molecular weight is 638 g/mol. The molecule has 0 aliphatic rings. The number of thioether (sulfide) groups is 1. The summed E-state index contributed by atoms with van der Waals surface area (Å²) in [7, 11) is 0. The molecule has 0 saturated carbocycles. The first-order valence-corrected chi connectivity index (χ1v) is 14.5. The van der Waals surface area contributed by atoms with E-state index in [1.54, 1.807) is 12.1 Å². The summed E-state index contributed by atoms with van der Waals surface area (Å²) in [4.78, 5) is 0. The smallest absolute Gasteiger partial charge is 0.119 e. The molecule has 0 spiro atoms. The molecule has 0 amide bonds. The summed E-state index contributed by atoms with van der Waals surface area (Å²) in [5, 5.41) is 21.5. The van der Waals surface area contributed by atoms with Crippen molar-refractivity contribution in [2.75, 3.05) is 8.86 Å². The minimum Gasteiger partial charge on any atom is -0.508 e. The average Bonchev–Trinajstić information content (AvgIpc) is 2.73. The Labute approximate surface area is 207 Å². The molecule has 0 saturated heterocycles. The monoisotopic (exact) mass is 638 g/mol. The van der Waals surface area contributed by atoms with Gasteiger partial charge in [-0.05, 0) is 46.7 Å². The van der Waals surface area contributed by atoms with Crippen molar-refractivity contribution in [3.63, 3.8) is 0 Å². The molecule has 2 rings (SSSR count). The molecule has 2 aromatic rings. The van der Waals surface area contributed by atoms with Crippen LogP contribution in [-0.2, 0) is 0 Å². The maximum Gasteiger partial charge on any atom is 0.119 e. The Morgan fingerprint density at radius 1 is 0.621 bits per heavy atom. The summed E-state index contributed by atoms with van der Waals surface area (Å²) in [5.74, 6) is 0.777. The molecule has 0 aliphatic heterocycles. The van der Waals surface area contributed by atoms with Gasteiger partial charge in [-0.25, -0.2) is 0 Å². The topological polar surface area (TPSA) is 40.5 Å². The lowest BCUT2D eigenvalue weighted by Crippen LogP contribution is -2.03. The van der Waals surface area contributed by atoms with E-state index >= 15 is 0 Å². The Kier molecular flexibility index (Phi) is 12.8. The van der Waals surface area contributed by atoms with E-state index in [2.05, 4.69) is 57.3 Å². The summed E-state index contributed by atoms with van der Waals surface area (Å²) in [6.07, 6.45) is 9.38. The van der Waals surface area contributed by atoms with Crippen LogP contribution in [0.2, 0.25) is 0 Å². The number of unbranched alkanes of at least 4 members (excludes halogenated alkanes) is 4. The van der Waals surface area contributed by atoms with Gasteiger partial charge in [-0.1, -0.05) is 107 Å². The van der Waals surface area contributed by atoms with E-state index in [1.807, 2.05) is 36.0 Å². The summed E-state index contributed by atoms with van der Waals surface area (Å²) < 4.78 is 2.40. The molecule has 160 valence electrons. The lowest BCUT2D eigenvalue weighted by molar-refractivity contribution is 0.464. The molecule has 29 heavy (non-hydrogen) atoms. The molecule has 2 N–H and O–H groups in total. The van der Waals surface area contributed by atoms with E-state index in [-0.39, 0.29) is 10.5 Å². The molecule has 0 heterocycles. The van der Waals surface area contributed by atoms with E-state index in [4.69, 9.17) is 0 Å². The van der Waals surface area contributed by atoms with Gasteiger partial charge in [0.05, 0.1) is 0 Å². The van der Waals surface area contributed by atoms with Crippen LogP contribution in [0, 0.1) is 0 Å². The zero-order valence-corrected chi connectivity index (χ0v) is 22.0. The Bertz CT molecular complexity index is 651. The van der Waals surface area contributed by atoms with Crippen LogP contribution in [0.5, 0.6) is 11.5 Å². The minimum atomic E-state index is 0.236. The number of hydrogen-bond donors (Lipinski definition) is 2. The van der Waals surface area contributed by atoms with Crippen LogP contribution in [0.1, 0.15) is 73.0 Å². The van der Waals surface area contributed by atoms with E-state index in [1.165, 1.54) is 34.5 Å². The molecule has 2 atom stereocenters. The summed E-state index contributed by atoms with van der Waals surface area (Å²) in [5.41, 5.74) is 2.05. The number of phenols is 2. The lowest BCUT2D eigenvalue weighted by Gasteiger charge is -2.25. The van der Waals surface area contributed by atoms with Gasteiger partial charge in [0.1, 0.15) is 11.5 Å². The van der Waals surface area contributed by atoms with E-state index in [9.17, 15) is 10.2 Å². The highest BCUT2D eigenvalue weighted by Gasteiger charge is 2.23. The molecule has 0 fully saturated rings. The standard InChI is InChI=1S/C24H32I2O2S/c25-17-9-1-3-15-23(19-11-5-7-13-21(19)27)29-24(16-4-2-10-18-26)20-12-6-8-14-22(20)28/h5-8,11-14,23-24,27-28H,1-4,9-10,15-18H2. The predicted octanol–water partition coefficient (Wildman–Crippen LogP) is 8.60. The minimum absolute atomic E-state index is 0.236. The fourth-order valence-corrected chi connectivity index (χ4v) is 6.29. The number of rotatable bonds is 14. The molecular weight excluding hydrogens is 606 g/mol. The number of alkyl halides is 2. The van der Waals surface area contributed by atoms with Gasteiger partial charge in [-0.3, -0.25) is 0 Å². The second-order valence-corrected chi connectivity index (χ2v) is 10.9. The van der Waals surface area contributed by atoms with Gasteiger partial charge in [0.15, 0.2) is 0 Å². The number of benzene rings is 2. The van der Waals surface area contributed by atoms with E-state index in [0.29, 0.717) is 11.5 Å². The van der Waals surface area contributed by atoms with Crippen LogP contribution < -0.4 is 0 Å². The lowest BCUT2D eigenvalue weighted by atomic mass is 10.0. The second-order valence-electron chi connectivity index (χ2n) is 7.31. The zero-order chi connectivity index (χ0) is 20.9. The Balaban J connectivity index is 2.20. The highest BCUT2D eigenvalue weighted by molar-refractivity contribution is 14.1. The number of aromatic hydroxyl groups is 2. The predicted molar refractivity (Wildman–Crippen MR) is 144 cm³/mol. The SMILES string of the molecule is Oc1ccccc1C(CCCCCI)SC(CCCCCI)c1ccccc1O. The van der Waals surface area contributed by atoms with Gasteiger partial charge in [0.2, 0.25) is 0 Å². The first-order valence-electron chi connectivity index (χ1n) is 10.5. The van der Waals surface area contributed by atoms with Crippen molar-refractivity contribution in [3.05, 3.63) is 59.7 Å². The fraction of sp³-hybridized carbons (Fsp3) is 0.500. The number of para-hydroxylation sites is 2. The normalized spacial score (nSPS) is 13.3. The van der Waals surface area contributed by atoms with Crippen molar-refractivity contribution >= 4 is 56.9 Å². The first-order chi connectivity index (χ1) is 14.2. The van der Waals surface area contributed by atoms with Crippen molar-refractivity contribution in [1.29, 1.82) is 0 Å². The van der Waals surface area contributed by atoms with E-state index in [0.717, 1.165) is 36.8 Å². The molecule has 0 bridgehead atoms. The summed E-state index contributed by atoms with van der Waals surface area (Å²) >= 11 is 6.80. The fourth-order valence-electron chi connectivity index (χ4n) is 3.51. The maximum atomic E-state index is 10.5. The number of phenolic OH excluding ortho intramolecular Hbond substituents is 2. The Hall–Kier alpha value is -0.150. The quantitative estimate of drug-likeness (QED) is 0.124. The van der Waals surface area contributed by atoms with Crippen LogP contribution in [0.15, 0.2) is 48.5 Å². The third-order valence-corrected chi connectivity index (χ3v) is 8.26. The molecular formula is C24H32I2O2S. The largest absolute Gasteiger partial charge is 0.508 e. The van der Waals surface area contributed by atoms with Crippen molar-refractivity contribution in [1.82, 2.24) is 0 Å². The summed E-state index contributed by atoms with van der Waals surface area (Å²) in [6.45, 7) is 0. The first kappa shape index (κ1) is 25.1. The van der Waals surface area contributed by atoms with Crippen molar-refractivity contribution in [3.8, 4) is 11.5 Å². The molecule has 2 unspecified atom stereocenters. The molecule has 2 nitrogen and oxygen atoms in total. The van der Waals surface area contributed by atoms with Gasteiger partial charge in [-0.15, -0.1) is 11.8 Å². The number of halogens is 2. The van der Waals surface area contributed by atoms with Gasteiger partial charge >= 0.3 is 0 Å². The van der Waals surface area contributed by atoms with Gasteiger partial charge in [0.25, 0.3) is 0 Å². The van der Waals surface area contributed by atoms with Gasteiger partial charge < -0.3 is 10.2 Å². The van der Waals surface area contributed by atoms with Crippen LogP contribution in [0.4, 0.5) is 0 Å². The third-order valence-electron chi connectivity index (χ3n) is 5.10. The van der Waals surface area contributed by atoms with Gasteiger partial charge in [-0.2, -0.15) is 0 Å². The van der Waals surface area contributed by atoms with Crippen molar-refractivity contribution < 1.29 is 10.2 Å². The highest BCUT2D eigenvalue weighted by Crippen LogP contribution is 2.49. The van der Waals surface area contributed by atoms with Crippen LogP contribution >= 0.6 is 56.9 Å². The molecule has 0 radical (unpaired) electrons. The molecule has 5 heteroatoms. The van der Waals surface area contributed by atoms with Crippen LogP contribution in [-0.4, -0.2) is 19.1 Å². The van der Waals surface area contributed by atoms with Crippen LogP contribution in [0.25, 0.3) is 0 Å². The van der Waals surface area contributed by atoms with Gasteiger partial charge in [0, 0.05) is 21.6 Å². The Morgan fingerprint density at radius 2 is 1.03 bits per heavy atom. The van der Waals surface area contributed by atoms with E-state index < -0.39 is 0 Å². The summed E-state index contributed by atoms with van der Waals surface area (Å²) in [6, 6.07) is 15.5. The highest BCUT2D eigenvalue weighted by atomic mass is 127. The maximum absolute atomic E-state index is 10.5. The zero-order valence-electron chi connectivity index (χ0n) is 16.9. The molecule has 2 aromatic carbocycles. The second kappa shape index (κ2) is 14.8. The Morgan fingerprint density at radius 3 is 1.41 bits per heavy atom. The third kappa shape index (κ3) is 8.85. The molecule has 0 aliphatic carbocycles.